The highest BCUT2D eigenvalue weighted by Crippen LogP contribution is 2.31. The topological polar surface area (TPSA) is 149 Å². The highest BCUT2D eigenvalue weighted by atomic mass is 16.4. The SMILES string of the molecule is O=C(O)c1ccc2c(c1)C(=O)N(c1ccc(C#C/C=C/c3ccc(N4C(=O)c5ccc(C(=O)O)cc5C4=O)cc3)cc1)C2=O. The van der Waals surface area contributed by atoms with Gasteiger partial charge >= 0.3 is 11.9 Å². The van der Waals surface area contributed by atoms with Gasteiger partial charge in [-0.3, -0.25) is 19.2 Å². The summed E-state index contributed by atoms with van der Waals surface area (Å²) in [6.07, 6.45) is 3.35. The lowest BCUT2D eigenvalue weighted by Crippen LogP contribution is -2.29. The number of carboxylic acid groups (broad SMARTS) is 2. The molecule has 0 atom stereocenters. The second-order valence-corrected chi connectivity index (χ2v) is 9.76. The lowest BCUT2D eigenvalue weighted by Gasteiger charge is -2.13. The molecule has 6 rings (SSSR count). The lowest BCUT2D eigenvalue weighted by molar-refractivity contribution is 0.0686. The first-order valence-corrected chi connectivity index (χ1v) is 13.0. The molecule has 0 bridgehead atoms. The van der Waals surface area contributed by atoms with Crippen LogP contribution in [0, 0.1) is 11.8 Å². The van der Waals surface area contributed by atoms with Crippen LogP contribution in [-0.2, 0) is 0 Å². The summed E-state index contributed by atoms with van der Waals surface area (Å²) in [5.74, 6) is 1.20. The number of hydrogen-bond acceptors (Lipinski definition) is 6. The molecule has 2 N–H and O–H groups in total. The summed E-state index contributed by atoms with van der Waals surface area (Å²) in [5.41, 5.74) is 2.24. The highest BCUT2D eigenvalue weighted by Gasteiger charge is 2.38. The van der Waals surface area contributed by atoms with E-state index in [1.54, 1.807) is 60.7 Å². The van der Waals surface area contributed by atoms with Crippen molar-refractivity contribution in [2.24, 2.45) is 0 Å². The summed E-state index contributed by atoms with van der Waals surface area (Å²) in [6.45, 7) is 0. The minimum Gasteiger partial charge on any atom is -0.478 e. The van der Waals surface area contributed by atoms with Gasteiger partial charge in [-0.05, 0) is 90.5 Å². The molecular weight excluding hydrogens is 564 g/mol. The largest absolute Gasteiger partial charge is 0.478 e. The number of carbonyl (C=O) groups is 6. The number of carboxylic acids is 2. The minimum absolute atomic E-state index is 0.0370. The molecule has 0 radical (unpaired) electrons. The predicted octanol–water partition coefficient (Wildman–Crippen LogP) is 4.75. The van der Waals surface area contributed by atoms with Gasteiger partial charge in [0.05, 0.1) is 44.8 Å². The number of fused-ring (bicyclic) bond motifs is 2. The van der Waals surface area contributed by atoms with E-state index >= 15 is 0 Å². The van der Waals surface area contributed by atoms with E-state index in [1.807, 2.05) is 0 Å². The van der Waals surface area contributed by atoms with Crippen molar-refractivity contribution < 1.29 is 39.0 Å². The van der Waals surface area contributed by atoms with Gasteiger partial charge in [-0.15, -0.1) is 0 Å². The van der Waals surface area contributed by atoms with Crippen LogP contribution in [-0.4, -0.2) is 45.8 Å². The Morgan fingerprint density at radius 3 is 1.45 bits per heavy atom. The van der Waals surface area contributed by atoms with E-state index in [4.69, 9.17) is 0 Å². The van der Waals surface area contributed by atoms with E-state index in [1.165, 1.54) is 36.4 Å². The van der Waals surface area contributed by atoms with E-state index in [9.17, 15) is 39.0 Å². The standard InChI is InChI=1S/C34H18N2O8/c37-29-25-15-9-21(33(41)42)17-27(25)31(39)35(29)23-11-5-19(6-12-23)3-1-2-4-20-7-13-24(14-8-20)36-30(38)26-16-10-22(34(43)44)18-28(26)32(36)40/h1,3,5-18H,(H,41,42)(H,43,44)/b3-1+. The Bertz CT molecular complexity index is 2050. The predicted molar refractivity (Wildman–Crippen MR) is 158 cm³/mol. The van der Waals surface area contributed by atoms with Gasteiger partial charge in [-0.25, -0.2) is 19.4 Å². The molecule has 0 unspecified atom stereocenters. The van der Waals surface area contributed by atoms with Crippen LogP contribution in [0.3, 0.4) is 0 Å². The summed E-state index contributed by atoms with van der Waals surface area (Å²) in [5, 5.41) is 18.4. The van der Waals surface area contributed by atoms with Crippen molar-refractivity contribution in [3.63, 3.8) is 0 Å². The van der Waals surface area contributed by atoms with Crippen LogP contribution in [0.4, 0.5) is 11.4 Å². The number of hydrogen-bond donors (Lipinski definition) is 2. The molecule has 10 nitrogen and oxygen atoms in total. The van der Waals surface area contributed by atoms with Crippen molar-refractivity contribution in [3.8, 4) is 11.8 Å². The van der Waals surface area contributed by atoms with Crippen LogP contribution >= 0.6 is 0 Å². The quantitative estimate of drug-likeness (QED) is 0.253. The molecule has 4 aromatic carbocycles. The average Bonchev–Trinajstić information content (AvgIpc) is 3.43. The number of benzene rings is 4. The Kier molecular flexibility index (Phi) is 6.68. The van der Waals surface area contributed by atoms with Crippen LogP contribution in [0.25, 0.3) is 6.08 Å². The number of rotatable bonds is 5. The van der Waals surface area contributed by atoms with Crippen molar-refractivity contribution in [2.75, 3.05) is 9.80 Å². The van der Waals surface area contributed by atoms with Gasteiger partial charge in [0.1, 0.15) is 0 Å². The molecular formula is C34H18N2O8. The summed E-state index contributed by atoms with van der Waals surface area (Å²) in [7, 11) is 0. The monoisotopic (exact) mass is 582 g/mol. The molecule has 4 aromatic rings. The average molecular weight is 583 g/mol. The van der Waals surface area contributed by atoms with Crippen LogP contribution in [0.15, 0.2) is 91.0 Å². The van der Waals surface area contributed by atoms with Gasteiger partial charge in [0.25, 0.3) is 23.6 Å². The maximum absolute atomic E-state index is 12.9. The highest BCUT2D eigenvalue weighted by molar-refractivity contribution is 6.35. The minimum atomic E-state index is -1.19. The Labute approximate surface area is 249 Å². The first-order chi connectivity index (χ1) is 21.1. The van der Waals surface area contributed by atoms with Gasteiger partial charge in [0.15, 0.2) is 0 Å². The van der Waals surface area contributed by atoms with Crippen LogP contribution in [0.1, 0.15) is 73.3 Å². The van der Waals surface area contributed by atoms with Crippen molar-refractivity contribution in [3.05, 3.63) is 136 Å². The number of nitrogens with zero attached hydrogens (tertiary/aromatic N) is 2. The van der Waals surface area contributed by atoms with Crippen molar-refractivity contribution in [2.45, 2.75) is 0 Å². The first kappa shape index (κ1) is 27.6. The third kappa shape index (κ3) is 4.70. The Hall–Kier alpha value is -6.60. The maximum atomic E-state index is 12.9. The van der Waals surface area contributed by atoms with Gasteiger partial charge in [0.2, 0.25) is 0 Å². The second kappa shape index (κ2) is 10.7. The molecule has 0 aromatic heterocycles. The normalized spacial score (nSPS) is 13.6. The molecule has 0 spiro atoms. The molecule has 0 aliphatic carbocycles. The van der Waals surface area contributed by atoms with Gasteiger partial charge in [-0.1, -0.05) is 24.0 Å². The van der Waals surface area contributed by atoms with Crippen molar-refractivity contribution in [1.82, 2.24) is 0 Å². The Balaban J connectivity index is 1.12. The number of amides is 4. The fourth-order valence-electron chi connectivity index (χ4n) is 4.91. The van der Waals surface area contributed by atoms with Crippen LogP contribution < -0.4 is 9.80 Å². The molecule has 0 saturated heterocycles. The molecule has 0 saturated carbocycles. The van der Waals surface area contributed by atoms with E-state index in [-0.39, 0.29) is 33.4 Å². The van der Waals surface area contributed by atoms with Gasteiger partial charge in [0, 0.05) is 5.56 Å². The number of anilines is 2. The molecule has 4 amide bonds. The fraction of sp³-hybridized carbons (Fsp3) is 0. The van der Waals surface area contributed by atoms with E-state index in [0.29, 0.717) is 16.9 Å². The number of allylic oxidation sites excluding steroid dienone is 1. The molecule has 10 heteroatoms. The molecule has 212 valence electrons. The molecule has 2 aliphatic heterocycles. The third-order valence-electron chi connectivity index (χ3n) is 7.12. The second-order valence-electron chi connectivity index (χ2n) is 9.76. The maximum Gasteiger partial charge on any atom is 0.335 e. The third-order valence-corrected chi connectivity index (χ3v) is 7.12. The molecule has 44 heavy (non-hydrogen) atoms. The lowest BCUT2D eigenvalue weighted by atomic mass is 10.1. The smallest absolute Gasteiger partial charge is 0.335 e. The molecule has 2 heterocycles. The summed E-state index contributed by atoms with van der Waals surface area (Å²) in [4.78, 5) is 75.8. The zero-order valence-corrected chi connectivity index (χ0v) is 22.5. The van der Waals surface area contributed by atoms with E-state index in [0.717, 1.165) is 15.4 Å². The van der Waals surface area contributed by atoms with Crippen molar-refractivity contribution in [1.29, 1.82) is 0 Å². The van der Waals surface area contributed by atoms with Crippen molar-refractivity contribution >= 4 is 53.0 Å². The van der Waals surface area contributed by atoms with Crippen LogP contribution in [0.2, 0.25) is 0 Å². The Morgan fingerprint density at radius 2 is 1.00 bits per heavy atom. The summed E-state index contributed by atoms with van der Waals surface area (Å²) < 4.78 is 0. The zero-order valence-electron chi connectivity index (χ0n) is 22.5. The first-order valence-electron chi connectivity index (χ1n) is 13.0. The summed E-state index contributed by atoms with van der Waals surface area (Å²) >= 11 is 0. The van der Waals surface area contributed by atoms with Crippen LogP contribution in [0.5, 0.6) is 0 Å². The number of imide groups is 2. The fourth-order valence-corrected chi connectivity index (χ4v) is 4.91. The van der Waals surface area contributed by atoms with Gasteiger partial charge in [-0.2, -0.15) is 0 Å². The van der Waals surface area contributed by atoms with E-state index in [2.05, 4.69) is 11.8 Å². The molecule has 2 aliphatic rings. The summed E-state index contributed by atoms with van der Waals surface area (Å²) in [6, 6.07) is 20.7. The number of aromatic carboxylic acids is 2. The molecule has 0 fully saturated rings. The number of carbonyl (C=O) groups excluding carboxylic acids is 4. The zero-order chi connectivity index (χ0) is 31.1. The van der Waals surface area contributed by atoms with Gasteiger partial charge < -0.3 is 10.2 Å². The Morgan fingerprint density at radius 1 is 0.568 bits per heavy atom. The van der Waals surface area contributed by atoms with E-state index < -0.39 is 35.6 Å².